The van der Waals surface area contributed by atoms with E-state index in [0.717, 1.165) is 0 Å². The summed E-state index contributed by atoms with van der Waals surface area (Å²) in [5.41, 5.74) is 6.77. The first-order valence-corrected chi connectivity index (χ1v) is 6.17. The average Bonchev–Trinajstić information content (AvgIpc) is 2.46. The molecule has 0 fully saturated rings. The Kier molecular flexibility index (Phi) is 4.37. The zero-order chi connectivity index (χ0) is 15.4. The summed E-state index contributed by atoms with van der Waals surface area (Å²) in [5, 5.41) is 0. The van der Waals surface area contributed by atoms with Gasteiger partial charge in [0.05, 0.1) is 16.9 Å². The van der Waals surface area contributed by atoms with Crippen molar-refractivity contribution in [1.82, 2.24) is 0 Å². The van der Waals surface area contributed by atoms with Crippen LogP contribution in [0.2, 0.25) is 0 Å². The molecule has 0 saturated carbocycles. The monoisotopic (exact) mass is 292 g/mol. The maximum Gasteiger partial charge on any atom is 0.387 e. The second-order valence-electron chi connectivity index (χ2n) is 4.30. The summed E-state index contributed by atoms with van der Waals surface area (Å²) in [6, 6.07) is 12.6. The second-order valence-corrected chi connectivity index (χ2v) is 4.30. The van der Waals surface area contributed by atoms with Gasteiger partial charge in [-0.25, -0.2) is 0 Å². The Morgan fingerprint density at radius 3 is 2.43 bits per heavy atom. The van der Waals surface area contributed by atoms with Crippen LogP contribution in [0, 0.1) is 0 Å². The van der Waals surface area contributed by atoms with E-state index >= 15 is 0 Å². The lowest BCUT2D eigenvalue weighted by Gasteiger charge is -2.20. The van der Waals surface area contributed by atoms with Crippen LogP contribution in [0.3, 0.4) is 0 Å². The van der Waals surface area contributed by atoms with Gasteiger partial charge in [0.15, 0.2) is 0 Å². The third-order valence-corrected chi connectivity index (χ3v) is 2.94. The number of ether oxygens (including phenoxy) is 1. The van der Waals surface area contributed by atoms with E-state index in [0.29, 0.717) is 11.4 Å². The molecule has 0 radical (unpaired) electrons. The van der Waals surface area contributed by atoms with Crippen LogP contribution in [0.4, 0.5) is 20.2 Å². The van der Waals surface area contributed by atoms with Crippen molar-refractivity contribution in [3.63, 3.8) is 0 Å². The molecule has 2 rings (SSSR count). The number of anilines is 2. The number of nitrogen functional groups attached to an aromatic ring is 1. The highest BCUT2D eigenvalue weighted by molar-refractivity contribution is 6.08. The topological polar surface area (TPSA) is 55.6 Å². The van der Waals surface area contributed by atoms with Gasteiger partial charge in [0.25, 0.3) is 5.91 Å². The lowest BCUT2D eigenvalue weighted by Crippen LogP contribution is -2.27. The van der Waals surface area contributed by atoms with Crippen molar-refractivity contribution in [2.45, 2.75) is 6.61 Å². The fraction of sp³-hybridized carbons (Fsp3) is 0.133. The molecule has 0 bridgehead atoms. The number of nitrogens with zero attached hydrogens (tertiary/aromatic N) is 1. The summed E-state index contributed by atoms with van der Waals surface area (Å²) in [6.07, 6.45) is 0. The molecule has 0 unspecified atom stereocenters. The number of benzene rings is 2. The molecule has 4 nitrogen and oxygen atoms in total. The Balaban J connectivity index is 2.34. The summed E-state index contributed by atoms with van der Waals surface area (Å²) in [4.78, 5) is 13.7. The molecule has 0 atom stereocenters. The Morgan fingerprint density at radius 2 is 1.76 bits per heavy atom. The lowest BCUT2D eigenvalue weighted by atomic mass is 10.1. The number of carbonyl (C=O) groups excluding carboxylic acids is 1. The fourth-order valence-electron chi connectivity index (χ4n) is 1.93. The largest absolute Gasteiger partial charge is 0.434 e. The molecule has 0 aliphatic rings. The molecular formula is C15H14F2N2O2. The average molecular weight is 292 g/mol. The third-order valence-electron chi connectivity index (χ3n) is 2.94. The Hall–Kier alpha value is -2.63. The summed E-state index contributed by atoms with van der Waals surface area (Å²) in [6.45, 7) is -2.99. The number of carbonyl (C=O) groups is 1. The van der Waals surface area contributed by atoms with Gasteiger partial charge >= 0.3 is 6.61 Å². The highest BCUT2D eigenvalue weighted by Crippen LogP contribution is 2.26. The van der Waals surface area contributed by atoms with Crippen molar-refractivity contribution in [2.75, 3.05) is 17.7 Å². The van der Waals surface area contributed by atoms with Gasteiger partial charge < -0.3 is 15.4 Å². The number of halogens is 2. The van der Waals surface area contributed by atoms with Gasteiger partial charge in [0, 0.05) is 7.05 Å². The standard InChI is InChI=1S/C15H14F2N2O2/c1-19(12-8-4-3-7-11(12)18)14(20)10-6-2-5-9-13(10)21-15(16)17/h2-9,15H,18H2,1H3. The number of nitrogens with two attached hydrogens (primary N) is 1. The minimum Gasteiger partial charge on any atom is -0.434 e. The lowest BCUT2D eigenvalue weighted by molar-refractivity contribution is -0.0501. The van der Waals surface area contributed by atoms with Crippen LogP contribution in [0.1, 0.15) is 10.4 Å². The molecule has 0 spiro atoms. The minimum absolute atomic E-state index is 0.0450. The molecule has 21 heavy (non-hydrogen) atoms. The summed E-state index contributed by atoms with van der Waals surface area (Å²) in [5.74, 6) is -0.650. The zero-order valence-corrected chi connectivity index (χ0v) is 11.3. The molecule has 2 N–H and O–H groups in total. The quantitative estimate of drug-likeness (QED) is 0.881. The van der Waals surface area contributed by atoms with Crippen LogP contribution in [0.25, 0.3) is 0 Å². The van der Waals surface area contributed by atoms with E-state index in [4.69, 9.17) is 5.73 Å². The van der Waals surface area contributed by atoms with Crippen LogP contribution in [-0.2, 0) is 0 Å². The molecule has 0 aliphatic carbocycles. The Labute approximate surface area is 120 Å². The molecule has 1 amide bonds. The first kappa shape index (κ1) is 14.8. The van der Waals surface area contributed by atoms with Gasteiger partial charge in [0.2, 0.25) is 0 Å². The van der Waals surface area contributed by atoms with Gasteiger partial charge in [-0.1, -0.05) is 24.3 Å². The smallest absolute Gasteiger partial charge is 0.387 e. The molecule has 0 heterocycles. The predicted molar refractivity (Wildman–Crippen MR) is 76.7 cm³/mol. The Morgan fingerprint density at radius 1 is 1.14 bits per heavy atom. The second kappa shape index (κ2) is 6.21. The van der Waals surface area contributed by atoms with Crippen molar-refractivity contribution in [1.29, 1.82) is 0 Å². The van der Waals surface area contributed by atoms with Crippen LogP contribution in [0.5, 0.6) is 5.75 Å². The van der Waals surface area contributed by atoms with Crippen LogP contribution < -0.4 is 15.4 Å². The van der Waals surface area contributed by atoms with Crippen molar-refractivity contribution in [2.24, 2.45) is 0 Å². The van der Waals surface area contributed by atoms with Crippen LogP contribution in [-0.4, -0.2) is 19.6 Å². The van der Waals surface area contributed by atoms with E-state index < -0.39 is 12.5 Å². The number of hydrogen-bond donors (Lipinski definition) is 1. The maximum absolute atomic E-state index is 12.4. The molecule has 110 valence electrons. The normalized spacial score (nSPS) is 10.5. The molecule has 6 heteroatoms. The van der Waals surface area contributed by atoms with Crippen molar-refractivity contribution >= 4 is 17.3 Å². The molecule has 2 aromatic carbocycles. The number of hydrogen-bond acceptors (Lipinski definition) is 3. The van der Waals surface area contributed by atoms with Gasteiger partial charge in [0.1, 0.15) is 5.75 Å². The fourth-order valence-corrected chi connectivity index (χ4v) is 1.93. The van der Waals surface area contributed by atoms with E-state index in [2.05, 4.69) is 4.74 Å². The highest BCUT2D eigenvalue weighted by Gasteiger charge is 2.20. The molecule has 0 aliphatic heterocycles. The first-order chi connectivity index (χ1) is 10.0. The number of amides is 1. The van der Waals surface area contributed by atoms with Gasteiger partial charge in [-0.05, 0) is 24.3 Å². The van der Waals surface area contributed by atoms with Crippen molar-refractivity contribution < 1.29 is 18.3 Å². The van der Waals surface area contributed by atoms with Crippen LogP contribution >= 0.6 is 0 Å². The van der Waals surface area contributed by atoms with Gasteiger partial charge in [-0.2, -0.15) is 8.78 Å². The zero-order valence-electron chi connectivity index (χ0n) is 11.3. The van der Waals surface area contributed by atoms with Crippen molar-refractivity contribution in [3.8, 4) is 5.75 Å². The summed E-state index contributed by atoms with van der Waals surface area (Å²) < 4.78 is 29.1. The molecule has 2 aromatic rings. The van der Waals surface area contributed by atoms with Gasteiger partial charge in [-0.3, -0.25) is 4.79 Å². The van der Waals surface area contributed by atoms with Crippen LogP contribution in [0.15, 0.2) is 48.5 Å². The molecular weight excluding hydrogens is 278 g/mol. The Bertz CT molecular complexity index is 647. The maximum atomic E-state index is 12.4. The van der Waals surface area contributed by atoms with E-state index in [1.54, 1.807) is 30.3 Å². The number of rotatable bonds is 4. The summed E-state index contributed by atoms with van der Waals surface area (Å²) in [7, 11) is 1.52. The third kappa shape index (κ3) is 3.28. The molecule has 0 saturated heterocycles. The first-order valence-electron chi connectivity index (χ1n) is 6.17. The van der Waals surface area contributed by atoms with Crippen molar-refractivity contribution in [3.05, 3.63) is 54.1 Å². The number of para-hydroxylation sites is 3. The van der Waals surface area contributed by atoms with E-state index in [1.807, 2.05) is 0 Å². The number of alkyl halides is 2. The highest BCUT2D eigenvalue weighted by atomic mass is 19.3. The van der Waals surface area contributed by atoms with E-state index in [9.17, 15) is 13.6 Å². The molecule has 0 aromatic heterocycles. The van der Waals surface area contributed by atoms with Gasteiger partial charge in [-0.15, -0.1) is 0 Å². The summed E-state index contributed by atoms with van der Waals surface area (Å²) >= 11 is 0. The van der Waals surface area contributed by atoms with E-state index in [-0.39, 0.29) is 11.3 Å². The van der Waals surface area contributed by atoms with E-state index in [1.165, 1.54) is 30.1 Å². The minimum atomic E-state index is -2.99. The predicted octanol–water partition coefficient (Wildman–Crippen LogP) is 3.15. The SMILES string of the molecule is CN(C(=O)c1ccccc1OC(F)F)c1ccccc1N.